The Morgan fingerprint density at radius 2 is 2.00 bits per heavy atom. The molecule has 10 heteroatoms. The Bertz CT molecular complexity index is 784. The molecule has 1 aromatic carbocycles. The summed E-state index contributed by atoms with van der Waals surface area (Å²) in [5.74, 6) is -3.69. The molecule has 150 valence electrons. The van der Waals surface area contributed by atoms with Gasteiger partial charge in [-0.1, -0.05) is 37.3 Å². The van der Waals surface area contributed by atoms with E-state index in [4.69, 9.17) is 16.6 Å². The minimum absolute atomic E-state index is 0.381. The van der Waals surface area contributed by atoms with Crippen LogP contribution in [0, 0.1) is 16.7 Å². The zero-order valence-electron chi connectivity index (χ0n) is 15.6. The van der Waals surface area contributed by atoms with Crippen LogP contribution in [0.1, 0.15) is 24.9 Å². The summed E-state index contributed by atoms with van der Waals surface area (Å²) in [7, 11) is 1.38. The Kier molecular flexibility index (Phi) is 6.34. The quantitative estimate of drug-likeness (QED) is 0.261. The highest BCUT2D eigenvalue weighted by molar-refractivity contribution is 6.09. The number of β-lactam (4-membered cyclic amide) rings is 1. The van der Waals surface area contributed by atoms with Crippen LogP contribution in [0.3, 0.4) is 0 Å². The standard InChI is InChI=1S/C18H24N6O4/c1-3-11(10-7-5-4-6-8-10)22-18(28)24-14(16(26)27)13(15(24)25)12(9-19)23(2)17(20)21/h4-9,11-14,19H,3H2,1-2H3,(H3,20,21)(H,22,28)(H,26,27)/t11-,12?,13-,14+/m1/s1. The van der Waals surface area contributed by atoms with E-state index >= 15 is 0 Å². The molecule has 4 atom stereocenters. The van der Waals surface area contributed by atoms with Gasteiger partial charge in [0.15, 0.2) is 12.0 Å². The second kappa shape index (κ2) is 8.51. The van der Waals surface area contributed by atoms with E-state index in [9.17, 15) is 19.5 Å². The summed E-state index contributed by atoms with van der Waals surface area (Å²) in [4.78, 5) is 38.8. The minimum atomic E-state index is -1.45. The maximum Gasteiger partial charge on any atom is 0.327 e. The lowest BCUT2D eigenvalue weighted by Gasteiger charge is -2.47. The first kappa shape index (κ1) is 20.9. The van der Waals surface area contributed by atoms with Gasteiger partial charge >= 0.3 is 12.0 Å². The Hall–Kier alpha value is -3.43. The van der Waals surface area contributed by atoms with Crippen molar-refractivity contribution in [3.8, 4) is 0 Å². The van der Waals surface area contributed by atoms with Crippen LogP contribution in [-0.2, 0) is 9.59 Å². The number of aliphatic carboxylic acids is 1. The zero-order chi connectivity index (χ0) is 21.0. The largest absolute Gasteiger partial charge is 0.480 e. The predicted octanol–water partition coefficient (Wildman–Crippen LogP) is 0.602. The highest BCUT2D eigenvalue weighted by atomic mass is 16.4. The SMILES string of the molecule is CC[C@@H](NC(=O)N1C(=O)[C@H](C(C=N)N(C)C(=N)N)[C@H]1C(=O)O)c1ccccc1. The summed E-state index contributed by atoms with van der Waals surface area (Å²) >= 11 is 0. The van der Waals surface area contributed by atoms with Crippen molar-refractivity contribution >= 4 is 30.1 Å². The Balaban J connectivity index is 2.22. The fraction of sp³-hybridized carbons (Fsp3) is 0.389. The third-order valence-corrected chi connectivity index (χ3v) is 4.89. The number of carbonyl (C=O) groups is 3. The summed E-state index contributed by atoms with van der Waals surface area (Å²) in [6, 6.07) is 5.47. The summed E-state index contributed by atoms with van der Waals surface area (Å²) < 4.78 is 0. The van der Waals surface area contributed by atoms with Crippen LogP contribution in [0.4, 0.5) is 4.79 Å². The summed E-state index contributed by atoms with van der Waals surface area (Å²) in [5.41, 5.74) is 6.23. The lowest BCUT2D eigenvalue weighted by Crippen LogP contribution is -2.73. The van der Waals surface area contributed by atoms with E-state index in [1.807, 2.05) is 37.3 Å². The van der Waals surface area contributed by atoms with Gasteiger partial charge in [-0.15, -0.1) is 0 Å². The predicted molar refractivity (Wildman–Crippen MR) is 102 cm³/mol. The van der Waals surface area contributed by atoms with E-state index in [0.717, 1.165) is 16.7 Å². The fourth-order valence-electron chi connectivity index (χ4n) is 3.28. The van der Waals surface area contributed by atoms with Crippen LogP contribution >= 0.6 is 0 Å². The van der Waals surface area contributed by atoms with Gasteiger partial charge in [-0.25, -0.2) is 14.5 Å². The zero-order valence-corrected chi connectivity index (χ0v) is 15.6. The van der Waals surface area contributed by atoms with E-state index in [2.05, 4.69) is 5.32 Å². The van der Waals surface area contributed by atoms with Gasteiger partial charge in [0.2, 0.25) is 5.91 Å². The molecule has 0 aromatic heterocycles. The molecule has 1 unspecified atom stereocenters. The number of carboxylic acid groups (broad SMARTS) is 1. The summed E-state index contributed by atoms with van der Waals surface area (Å²) in [5, 5.41) is 27.2. The van der Waals surface area contributed by atoms with Gasteiger partial charge in [0.1, 0.15) is 0 Å². The second-order valence-electron chi connectivity index (χ2n) is 6.49. The van der Waals surface area contributed by atoms with Crippen LogP contribution in [0.2, 0.25) is 0 Å². The van der Waals surface area contributed by atoms with Gasteiger partial charge in [0, 0.05) is 13.3 Å². The lowest BCUT2D eigenvalue weighted by molar-refractivity contribution is -0.167. The number of amides is 3. The Morgan fingerprint density at radius 3 is 2.46 bits per heavy atom. The number of nitrogens with two attached hydrogens (primary N) is 1. The smallest absolute Gasteiger partial charge is 0.327 e. The molecule has 0 saturated carbocycles. The number of carbonyl (C=O) groups excluding carboxylic acids is 2. The number of nitrogens with one attached hydrogen (secondary N) is 3. The first-order valence-electron chi connectivity index (χ1n) is 8.73. The number of hydrogen-bond donors (Lipinski definition) is 5. The number of hydrogen-bond acceptors (Lipinski definition) is 5. The molecular formula is C18H24N6O4. The fourth-order valence-corrected chi connectivity index (χ4v) is 3.28. The normalized spacial score (nSPS) is 20.5. The van der Waals surface area contributed by atoms with Gasteiger partial charge in [0.05, 0.1) is 18.0 Å². The van der Waals surface area contributed by atoms with Gasteiger partial charge in [-0.05, 0) is 12.0 Å². The molecular weight excluding hydrogens is 364 g/mol. The maximum absolute atomic E-state index is 12.6. The summed E-state index contributed by atoms with van der Waals surface area (Å²) in [6.45, 7) is 1.86. The Morgan fingerprint density at radius 1 is 1.39 bits per heavy atom. The van der Waals surface area contributed by atoms with Crippen molar-refractivity contribution in [3.05, 3.63) is 35.9 Å². The molecule has 6 N–H and O–H groups in total. The molecule has 1 aromatic rings. The van der Waals surface area contributed by atoms with Crippen molar-refractivity contribution in [2.45, 2.75) is 31.5 Å². The minimum Gasteiger partial charge on any atom is -0.480 e. The molecule has 1 heterocycles. The third kappa shape index (κ3) is 3.80. The van der Waals surface area contributed by atoms with Crippen LogP contribution in [0.15, 0.2) is 30.3 Å². The van der Waals surface area contributed by atoms with Crippen LogP contribution in [0.5, 0.6) is 0 Å². The maximum atomic E-state index is 12.6. The number of benzene rings is 1. The van der Waals surface area contributed by atoms with Crippen molar-refractivity contribution in [3.63, 3.8) is 0 Å². The number of carboxylic acids is 1. The van der Waals surface area contributed by atoms with E-state index < -0.39 is 41.9 Å². The highest BCUT2D eigenvalue weighted by Gasteiger charge is 2.58. The highest BCUT2D eigenvalue weighted by Crippen LogP contribution is 2.32. The number of nitrogens with zero attached hydrogens (tertiary/aromatic N) is 2. The van der Waals surface area contributed by atoms with Crippen molar-refractivity contribution in [1.29, 1.82) is 10.8 Å². The molecule has 3 amide bonds. The first-order valence-corrected chi connectivity index (χ1v) is 8.73. The van der Waals surface area contributed by atoms with Crippen molar-refractivity contribution in [2.24, 2.45) is 11.7 Å². The van der Waals surface area contributed by atoms with Gasteiger partial charge in [0.25, 0.3) is 0 Å². The third-order valence-electron chi connectivity index (χ3n) is 4.89. The molecule has 1 fully saturated rings. The molecule has 2 rings (SSSR count). The molecule has 0 aliphatic carbocycles. The first-order chi connectivity index (χ1) is 13.2. The molecule has 1 aliphatic rings. The van der Waals surface area contributed by atoms with E-state index in [0.29, 0.717) is 11.3 Å². The monoisotopic (exact) mass is 388 g/mol. The molecule has 1 aliphatic heterocycles. The van der Waals surface area contributed by atoms with E-state index in [1.165, 1.54) is 7.05 Å². The molecule has 1 saturated heterocycles. The molecule has 0 radical (unpaired) electrons. The van der Waals surface area contributed by atoms with Crippen LogP contribution in [-0.4, -0.2) is 64.1 Å². The number of imide groups is 1. The van der Waals surface area contributed by atoms with Crippen molar-refractivity contribution in [2.75, 3.05) is 7.05 Å². The number of rotatable bonds is 7. The van der Waals surface area contributed by atoms with Gasteiger partial charge in [-0.2, -0.15) is 0 Å². The lowest BCUT2D eigenvalue weighted by atomic mass is 9.81. The molecule has 10 nitrogen and oxygen atoms in total. The van der Waals surface area contributed by atoms with Crippen molar-refractivity contribution in [1.82, 2.24) is 15.1 Å². The van der Waals surface area contributed by atoms with E-state index in [1.54, 1.807) is 0 Å². The number of guanidine groups is 1. The molecule has 0 spiro atoms. The Labute approximate surface area is 162 Å². The van der Waals surface area contributed by atoms with Gasteiger partial charge < -0.3 is 26.5 Å². The van der Waals surface area contributed by atoms with Crippen molar-refractivity contribution < 1.29 is 19.5 Å². The average Bonchev–Trinajstić information content (AvgIpc) is 2.67. The van der Waals surface area contributed by atoms with E-state index in [-0.39, 0.29) is 6.04 Å². The number of likely N-dealkylation sites (tertiary alicyclic amines) is 1. The van der Waals surface area contributed by atoms with Crippen LogP contribution in [0.25, 0.3) is 0 Å². The average molecular weight is 388 g/mol. The topological polar surface area (TPSA) is 164 Å². The van der Waals surface area contributed by atoms with Crippen LogP contribution < -0.4 is 11.1 Å². The number of urea groups is 1. The second-order valence-corrected chi connectivity index (χ2v) is 6.49. The molecule has 28 heavy (non-hydrogen) atoms. The van der Waals surface area contributed by atoms with Gasteiger partial charge in [-0.3, -0.25) is 10.2 Å². The summed E-state index contributed by atoms with van der Waals surface area (Å²) in [6.07, 6.45) is 1.41. The molecule has 0 bridgehead atoms.